The minimum absolute atomic E-state index is 0.281. The molecule has 0 bridgehead atoms. The maximum absolute atomic E-state index is 14.1. The lowest BCUT2D eigenvalue weighted by atomic mass is 10.1. The molecule has 40 heavy (non-hydrogen) atoms. The Kier molecular flexibility index (Phi) is 6.34. The van der Waals surface area contributed by atoms with E-state index < -0.39 is 6.04 Å². The normalized spacial score (nSPS) is 11.7. The molecule has 4 heterocycles. The van der Waals surface area contributed by atoms with E-state index in [1.807, 2.05) is 55.7 Å². The molecule has 9 nitrogen and oxygen atoms in total. The van der Waals surface area contributed by atoms with Crippen LogP contribution in [0.25, 0.3) is 27.5 Å². The maximum Gasteiger partial charge on any atom is 0.267 e. The van der Waals surface area contributed by atoms with Gasteiger partial charge in [-0.1, -0.05) is 36.1 Å². The molecule has 194 valence electrons. The molecule has 0 aliphatic heterocycles. The van der Waals surface area contributed by atoms with Crippen LogP contribution >= 0.6 is 0 Å². The van der Waals surface area contributed by atoms with E-state index in [1.54, 1.807) is 48.4 Å². The van der Waals surface area contributed by atoms with Gasteiger partial charge in [-0.3, -0.25) is 28.8 Å². The van der Waals surface area contributed by atoms with Gasteiger partial charge in [-0.2, -0.15) is 5.10 Å². The van der Waals surface area contributed by atoms with Crippen molar-refractivity contribution < 1.29 is 4.79 Å². The number of nitrogens with one attached hydrogen (secondary N) is 1. The van der Waals surface area contributed by atoms with Crippen molar-refractivity contribution in [3.8, 4) is 17.5 Å². The smallest absolute Gasteiger partial charge is 0.267 e. The number of para-hydroxylation sites is 1. The minimum Gasteiger partial charge on any atom is -0.342 e. The van der Waals surface area contributed by atoms with Crippen molar-refractivity contribution in [2.45, 2.75) is 13.0 Å². The number of nitrogens with zero attached hydrogens (tertiary/aromatic N) is 6. The van der Waals surface area contributed by atoms with Crippen molar-refractivity contribution in [2.75, 3.05) is 0 Å². The van der Waals surface area contributed by atoms with Gasteiger partial charge in [-0.05, 0) is 43.3 Å². The minimum atomic E-state index is -0.631. The molecule has 2 aromatic carbocycles. The van der Waals surface area contributed by atoms with Gasteiger partial charge in [-0.25, -0.2) is 4.98 Å². The molecule has 0 radical (unpaired) electrons. The van der Waals surface area contributed by atoms with Crippen LogP contribution in [0.5, 0.6) is 0 Å². The number of aromatic nitrogens is 6. The fourth-order valence-corrected chi connectivity index (χ4v) is 4.60. The summed E-state index contributed by atoms with van der Waals surface area (Å²) in [6, 6.07) is 17.6. The third-order valence-corrected chi connectivity index (χ3v) is 6.48. The predicted molar refractivity (Wildman–Crippen MR) is 152 cm³/mol. The SMILES string of the molecule is CC(NC(=O)c1cncc2cccnc12)c1nc2cccc(C#Cc3cnn(C)c3)c2c(=O)n1-c1ccccc1. The maximum atomic E-state index is 14.1. The summed E-state index contributed by atoms with van der Waals surface area (Å²) in [4.78, 5) is 40.9. The number of hydrogen-bond donors (Lipinski definition) is 1. The van der Waals surface area contributed by atoms with Crippen LogP contribution in [0.4, 0.5) is 0 Å². The van der Waals surface area contributed by atoms with Gasteiger partial charge >= 0.3 is 0 Å². The van der Waals surface area contributed by atoms with E-state index in [0.717, 1.165) is 10.9 Å². The van der Waals surface area contributed by atoms with Crippen LogP contribution in [0.2, 0.25) is 0 Å². The number of pyridine rings is 2. The summed E-state index contributed by atoms with van der Waals surface area (Å²) in [5.41, 5.74) is 3.01. The largest absolute Gasteiger partial charge is 0.342 e. The van der Waals surface area contributed by atoms with Crippen LogP contribution in [-0.2, 0) is 7.05 Å². The summed E-state index contributed by atoms with van der Waals surface area (Å²) >= 11 is 0. The number of benzene rings is 2. The van der Waals surface area contributed by atoms with E-state index in [4.69, 9.17) is 4.98 Å². The first-order chi connectivity index (χ1) is 19.5. The lowest BCUT2D eigenvalue weighted by molar-refractivity contribution is 0.0939. The number of rotatable bonds is 4. The average Bonchev–Trinajstić information content (AvgIpc) is 3.40. The standard InChI is InChI=1S/C31H23N7O2/c1-20(35-30(39)25-18-32-17-23-9-7-15-33-28(23)25)29-36-26-12-6-8-22(14-13-21-16-34-37(2)19-21)27(26)31(40)38(29)24-10-4-3-5-11-24/h3-12,15-20H,1-2H3,(H,35,39). The van der Waals surface area contributed by atoms with E-state index in [1.165, 1.54) is 10.8 Å². The summed E-state index contributed by atoms with van der Waals surface area (Å²) < 4.78 is 3.20. The van der Waals surface area contributed by atoms with E-state index in [-0.39, 0.29) is 11.5 Å². The second-order valence-corrected chi connectivity index (χ2v) is 9.26. The molecule has 1 atom stereocenters. The van der Waals surface area contributed by atoms with Gasteiger partial charge in [0, 0.05) is 42.8 Å². The summed E-state index contributed by atoms with van der Waals surface area (Å²) in [6.07, 6.45) is 8.26. The molecule has 0 saturated carbocycles. The summed E-state index contributed by atoms with van der Waals surface area (Å²) in [7, 11) is 1.82. The molecule has 6 aromatic rings. The highest BCUT2D eigenvalue weighted by Crippen LogP contribution is 2.21. The lowest BCUT2D eigenvalue weighted by Crippen LogP contribution is -2.33. The number of aryl methyl sites for hydroxylation is 1. The molecule has 1 amide bonds. The van der Waals surface area contributed by atoms with Crippen LogP contribution in [0, 0.1) is 11.8 Å². The van der Waals surface area contributed by atoms with Crippen molar-refractivity contribution in [1.82, 2.24) is 34.6 Å². The molecular weight excluding hydrogens is 502 g/mol. The molecule has 9 heteroatoms. The highest BCUT2D eigenvalue weighted by molar-refractivity contribution is 6.05. The lowest BCUT2D eigenvalue weighted by Gasteiger charge is -2.20. The molecule has 0 aliphatic carbocycles. The highest BCUT2D eigenvalue weighted by atomic mass is 16.2. The fourth-order valence-electron chi connectivity index (χ4n) is 4.60. The molecule has 6 rings (SSSR count). The summed E-state index contributed by atoms with van der Waals surface area (Å²) in [6.45, 7) is 1.79. The number of carbonyl (C=O) groups is 1. The van der Waals surface area contributed by atoms with Gasteiger partial charge in [0.05, 0.1) is 45.5 Å². The molecule has 0 spiro atoms. The topological polar surface area (TPSA) is 108 Å². The average molecular weight is 526 g/mol. The van der Waals surface area contributed by atoms with Crippen molar-refractivity contribution >= 4 is 27.7 Å². The Morgan fingerprint density at radius 2 is 1.82 bits per heavy atom. The van der Waals surface area contributed by atoms with Crippen molar-refractivity contribution in [3.63, 3.8) is 0 Å². The summed E-state index contributed by atoms with van der Waals surface area (Å²) in [5.74, 6) is 6.21. The Morgan fingerprint density at radius 3 is 2.62 bits per heavy atom. The van der Waals surface area contributed by atoms with E-state index in [9.17, 15) is 9.59 Å². The quantitative estimate of drug-likeness (QED) is 0.349. The summed E-state index contributed by atoms with van der Waals surface area (Å²) in [5, 5.41) is 8.29. The Bertz CT molecular complexity index is 2010. The first-order valence-corrected chi connectivity index (χ1v) is 12.6. The fraction of sp³-hybridized carbons (Fsp3) is 0.0968. The zero-order chi connectivity index (χ0) is 27.6. The third-order valence-electron chi connectivity index (χ3n) is 6.48. The van der Waals surface area contributed by atoms with Crippen LogP contribution in [-0.4, -0.2) is 35.2 Å². The highest BCUT2D eigenvalue weighted by Gasteiger charge is 2.22. The molecule has 0 fully saturated rings. The molecule has 0 aliphatic rings. The van der Waals surface area contributed by atoms with E-state index in [2.05, 4.69) is 32.2 Å². The molecule has 1 unspecified atom stereocenters. The Labute approximate surface area is 229 Å². The molecule has 4 aromatic heterocycles. The Hall–Kier alpha value is -5.62. The van der Waals surface area contributed by atoms with Gasteiger partial charge < -0.3 is 5.32 Å². The van der Waals surface area contributed by atoms with E-state index in [0.29, 0.717) is 39.1 Å². The van der Waals surface area contributed by atoms with E-state index >= 15 is 0 Å². The number of amides is 1. The van der Waals surface area contributed by atoms with Crippen LogP contribution in [0.1, 0.15) is 40.3 Å². The monoisotopic (exact) mass is 525 g/mol. The van der Waals surface area contributed by atoms with Crippen molar-refractivity contribution in [2.24, 2.45) is 7.05 Å². The van der Waals surface area contributed by atoms with Crippen molar-refractivity contribution in [3.05, 3.63) is 125 Å². The third kappa shape index (κ3) is 4.59. The van der Waals surface area contributed by atoms with Crippen LogP contribution < -0.4 is 10.9 Å². The molecule has 0 saturated heterocycles. The number of carbonyl (C=O) groups excluding carboxylic acids is 1. The molecular formula is C31H23N7O2. The van der Waals surface area contributed by atoms with Gasteiger partial charge in [0.25, 0.3) is 11.5 Å². The first kappa shape index (κ1) is 24.7. The van der Waals surface area contributed by atoms with Gasteiger partial charge in [0.1, 0.15) is 5.82 Å². The van der Waals surface area contributed by atoms with Gasteiger partial charge in [-0.15, -0.1) is 0 Å². The molecule has 1 N–H and O–H groups in total. The second kappa shape index (κ2) is 10.3. The Morgan fingerprint density at radius 1 is 0.975 bits per heavy atom. The second-order valence-electron chi connectivity index (χ2n) is 9.26. The first-order valence-electron chi connectivity index (χ1n) is 12.6. The zero-order valence-corrected chi connectivity index (χ0v) is 21.7. The predicted octanol–water partition coefficient (Wildman–Crippen LogP) is 3.95. The number of fused-ring (bicyclic) bond motifs is 2. The number of hydrogen-bond acceptors (Lipinski definition) is 6. The Balaban J connectivity index is 1.47. The van der Waals surface area contributed by atoms with Crippen molar-refractivity contribution in [1.29, 1.82) is 0 Å². The zero-order valence-electron chi connectivity index (χ0n) is 21.7. The van der Waals surface area contributed by atoms with Gasteiger partial charge in [0.2, 0.25) is 0 Å². The van der Waals surface area contributed by atoms with Gasteiger partial charge in [0.15, 0.2) is 0 Å². The van der Waals surface area contributed by atoms with Crippen LogP contribution in [0.3, 0.4) is 0 Å². The van der Waals surface area contributed by atoms with Crippen LogP contribution in [0.15, 0.2) is 96.4 Å².